The molecule has 1 N–H and O–H groups in total. The second-order valence-corrected chi connectivity index (χ2v) is 7.58. The van der Waals surface area contributed by atoms with E-state index in [1.165, 1.54) is 6.21 Å². The van der Waals surface area contributed by atoms with Crippen molar-refractivity contribution in [1.29, 1.82) is 0 Å². The molecule has 1 aliphatic carbocycles. The van der Waals surface area contributed by atoms with E-state index in [0.29, 0.717) is 30.9 Å². The second kappa shape index (κ2) is 7.65. The summed E-state index contributed by atoms with van der Waals surface area (Å²) in [6.07, 6.45) is 3.43. The molecule has 24 heavy (non-hydrogen) atoms. The number of rotatable bonds is 6. The van der Waals surface area contributed by atoms with Crippen molar-refractivity contribution in [2.24, 2.45) is 16.3 Å². The standard InChI is InChI=1S/C20H27NO3/c1-14(2)9-10-24-16-7-5-15(6-8-16)21-13-17-18(22)11-20(3,4)12-19(17)23/h5-8,13-14,22H,9-12H2,1-4H3. The van der Waals surface area contributed by atoms with E-state index >= 15 is 0 Å². The minimum atomic E-state index is -0.187. The Morgan fingerprint density at radius 3 is 2.50 bits per heavy atom. The van der Waals surface area contributed by atoms with E-state index in [1.54, 1.807) is 0 Å². The highest BCUT2D eigenvalue weighted by molar-refractivity contribution is 6.14. The Morgan fingerprint density at radius 1 is 1.25 bits per heavy atom. The number of benzene rings is 1. The molecule has 4 nitrogen and oxygen atoms in total. The molecule has 0 saturated heterocycles. The first-order valence-electron chi connectivity index (χ1n) is 8.49. The fourth-order valence-corrected chi connectivity index (χ4v) is 2.63. The highest BCUT2D eigenvalue weighted by Crippen LogP contribution is 2.35. The zero-order valence-electron chi connectivity index (χ0n) is 15.0. The molecule has 0 aromatic heterocycles. The highest BCUT2D eigenvalue weighted by Gasteiger charge is 2.32. The zero-order chi connectivity index (χ0) is 17.7. The van der Waals surface area contributed by atoms with Crippen LogP contribution >= 0.6 is 0 Å². The van der Waals surface area contributed by atoms with Crippen molar-refractivity contribution in [2.75, 3.05) is 6.61 Å². The first kappa shape index (κ1) is 18.2. The number of nitrogens with zero attached hydrogens (tertiary/aromatic N) is 1. The van der Waals surface area contributed by atoms with E-state index in [4.69, 9.17) is 4.74 Å². The number of hydrogen-bond donors (Lipinski definition) is 1. The van der Waals surface area contributed by atoms with Gasteiger partial charge in [0.2, 0.25) is 0 Å². The van der Waals surface area contributed by atoms with Gasteiger partial charge in [0.15, 0.2) is 5.78 Å². The van der Waals surface area contributed by atoms with Crippen LogP contribution in [0.5, 0.6) is 5.75 Å². The van der Waals surface area contributed by atoms with Gasteiger partial charge in [0.25, 0.3) is 0 Å². The normalized spacial score (nSPS) is 17.8. The molecule has 0 bridgehead atoms. The summed E-state index contributed by atoms with van der Waals surface area (Å²) < 4.78 is 5.67. The fourth-order valence-electron chi connectivity index (χ4n) is 2.63. The lowest BCUT2D eigenvalue weighted by atomic mass is 9.77. The smallest absolute Gasteiger partial charge is 0.168 e. The van der Waals surface area contributed by atoms with Crippen LogP contribution in [0.4, 0.5) is 5.69 Å². The van der Waals surface area contributed by atoms with Crippen molar-refractivity contribution in [3.05, 3.63) is 35.6 Å². The molecule has 2 rings (SSSR count). The molecule has 1 aromatic rings. The summed E-state index contributed by atoms with van der Waals surface area (Å²) in [4.78, 5) is 16.4. The molecule has 1 aliphatic rings. The number of allylic oxidation sites excluding steroid dienone is 2. The first-order valence-corrected chi connectivity index (χ1v) is 8.49. The maximum absolute atomic E-state index is 12.1. The lowest BCUT2D eigenvalue weighted by Gasteiger charge is -2.28. The summed E-state index contributed by atoms with van der Waals surface area (Å²) in [5, 5.41) is 10.1. The molecule has 0 unspecified atom stereocenters. The van der Waals surface area contributed by atoms with Crippen LogP contribution in [-0.2, 0) is 4.79 Å². The number of carbonyl (C=O) groups is 1. The summed E-state index contributed by atoms with van der Waals surface area (Å²) in [6.45, 7) is 8.99. The van der Waals surface area contributed by atoms with Crippen LogP contribution < -0.4 is 4.74 Å². The van der Waals surface area contributed by atoms with Gasteiger partial charge in [-0.25, -0.2) is 0 Å². The van der Waals surface area contributed by atoms with Gasteiger partial charge in [0.1, 0.15) is 11.5 Å². The minimum Gasteiger partial charge on any atom is -0.511 e. The van der Waals surface area contributed by atoms with E-state index in [0.717, 1.165) is 17.9 Å². The largest absolute Gasteiger partial charge is 0.511 e. The molecule has 0 radical (unpaired) electrons. The first-order chi connectivity index (χ1) is 11.3. The Kier molecular flexibility index (Phi) is 5.81. The lowest BCUT2D eigenvalue weighted by Crippen LogP contribution is -2.26. The van der Waals surface area contributed by atoms with Crippen molar-refractivity contribution in [1.82, 2.24) is 0 Å². The molecule has 0 atom stereocenters. The molecule has 0 amide bonds. The van der Waals surface area contributed by atoms with Crippen LogP contribution in [0, 0.1) is 11.3 Å². The van der Waals surface area contributed by atoms with Gasteiger partial charge in [-0.15, -0.1) is 0 Å². The Balaban J connectivity index is 2.00. The summed E-state index contributed by atoms with van der Waals surface area (Å²) in [7, 11) is 0. The van der Waals surface area contributed by atoms with Crippen LogP contribution in [0.2, 0.25) is 0 Å². The third-order valence-electron chi connectivity index (χ3n) is 4.04. The topological polar surface area (TPSA) is 58.9 Å². The van der Waals surface area contributed by atoms with Crippen LogP contribution in [0.3, 0.4) is 0 Å². The predicted octanol–water partition coefficient (Wildman–Crippen LogP) is 5.02. The highest BCUT2D eigenvalue weighted by atomic mass is 16.5. The van der Waals surface area contributed by atoms with Gasteiger partial charge >= 0.3 is 0 Å². The SMILES string of the molecule is CC(C)CCOc1ccc(N=CC2=C(O)CC(C)(C)CC2=O)cc1. The van der Waals surface area contributed by atoms with E-state index in [2.05, 4.69) is 18.8 Å². The Hall–Kier alpha value is -2.10. The molecule has 4 heteroatoms. The molecule has 0 spiro atoms. The summed E-state index contributed by atoms with van der Waals surface area (Å²) in [5.74, 6) is 1.51. The summed E-state index contributed by atoms with van der Waals surface area (Å²) in [6, 6.07) is 7.42. The van der Waals surface area contributed by atoms with E-state index in [1.807, 2.05) is 38.1 Å². The molecule has 0 fully saturated rings. The van der Waals surface area contributed by atoms with Gasteiger partial charge in [0.05, 0.1) is 17.9 Å². The van der Waals surface area contributed by atoms with E-state index in [-0.39, 0.29) is 17.0 Å². The molecule has 130 valence electrons. The number of aliphatic hydroxyl groups excluding tert-OH is 1. The summed E-state index contributed by atoms with van der Waals surface area (Å²) in [5.41, 5.74) is 0.865. The Morgan fingerprint density at radius 2 is 1.92 bits per heavy atom. The van der Waals surface area contributed by atoms with Crippen LogP contribution in [-0.4, -0.2) is 23.7 Å². The van der Waals surface area contributed by atoms with Gasteiger partial charge in [-0.3, -0.25) is 9.79 Å². The van der Waals surface area contributed by atoms with E-state index in [9.17, 15) is 9.90 Å². The number of carbonyl (C=O) groups excluding carboxylic acids is 1. The number of Topliss-reactive ketones (excluding diaryl/α,β-unsaturated/α-hetero) is 1. The predicted molar refractivity (Wildman–Crippen MR) is 97.2 cm³/mol. The molecular formula is C20H27NO3. The monoisotopic (exact) mass is 329 g/mol. The van der Waals surface area contributed by atoms with Crippen molar-refractivity contribution >= 4 is 17.7 Å². The average molecular weight is 329 g/mol. The molecular weight excluding hydrogens is 302 g/mol. The van der Waals surface area contributed by atoms with Crippen LogP contribution in [0.1, 0.15) is 47.0 Å². The van der Waals surface area contributed by atoms with Gasteiger partial charge in [0, 0.05) is 19.1 Å². The van der Waals surface area contributed by atoms with Crippen molar-refractivity contribution in [3.63, 3.8) is 0 Å². The van der Waals surface area contributed by atoms with Crippen LogP contribution in [0.15, 0.2) is 40.6 Å². The van der Waals surface area contributed by atoms with Crippen molar-refractivity contribution < 1.29 is 14.6 Å². The number of hydrogen-bond acceptors (Lipinski definition) is 4. The third kappa shape index (κ3) is 5.22. The maximum atomic E-state index is 12.1. The fraction of sp³-hybridized carbons (Fsp3) is 0.500. The van der Waals surface area contributed by atoms with Crippen LogP contribution in [0.25, 0.3) is 0 Å². The number of aliphatic hydroxyl groups is 1. The quantitative estimate of drug-likeness (QED) is 0.746. The Bertz CT molecular complexity index is 639. The van der Waals surface area contributed by atoms with Gasteiger partial charge in [-0.05, 0) is 42.0 Å². The van der Waals surface area contributed by atoms with Gasteiger partial charge in [-0.1, -0.05) is 27.7 Å². The number of ketones is 1. The third-order valence-corrected chi connectivity index (χ3v) is 4.04. The maximum Gasteiger partial charge on any atom is 0.168 e. The number of aliphatic imine (C=N–C) groups is 1. The van der Waals surface area contributed by atoms with Crippen molar-refractivity contribution in [3.8, 4) is 5.75 Å². The summed E-state index contributed by atoms with van der Waals surface area (Å²) >= 11 is 0. The van der Waals surface area contributed by atoms with E-state index < -0.39 is 0 Å². The second-order valence-electron chi connectivity index (χ2n) is 7.58. The zero-order valence-corrected chi connectivity index (χ0v) is 15.0. The molecule has 0 saturated carbocycles. The molecule has 0 aliphatic heterocycles. The minimum absolute atomic E-state index is 0.0545. The Labute approximate surface area is 144 Å². The van der Waals surface area contributed by atoms with Crippen molar-refractivity contribution in [2.45, 2.75) is 47.0 Å². The lowest BCUT2D eigenvalue weighted by molar-refractivity contribution is -0.117. The molecule has 0 heterocycles. The number of ether oxygens (including phenoxy) is 1. The molecule has 1 aromatic carbocycles. The average Bonchev–Trinajstić information content (AvgIpc) is 2.46. The van der Waals surface area contributed by atoms with Gasteiger partial charge in [-0.2, -0.15) is 0 Å². The van der Waals surface area contributed by atoms with Gasteiger partial charge < -0.3 is 9.84 Å².